The Bertz CT molecular complexity index is 706. The van der Waals surface area contributed by atoms with E-state index in [0.717, 1.165) is 31.5 Å². The highest BCUT2D eigenvalue weighted by molar-refractivity contribution is 5.78. The summed E-state index contributed by atoms with van der Waals surface area (Å²) in [6.07, 6.45) is -0.707. The number of carboxylic acids is 1. The van der Waals surface area contributed by atoms with Crippen molar-refractivity contribution in [2.45, 2.75) is 44.1 Å². The average Bonchev–Trinajstić information content (AvgIpc) is 3.02. The smallest absolute Gasteiger partial charge is 0.475 e. The average molecular weight is 402 g/mol. The van der Waals surface area contributed by atoms with Gasteiger partial charge >= 0.3 is 12.1 Å². The fraction of sp³-hybridized carbons (Fsp3) is 0.474. The summed E-state index contributed by atoms with van der Waals surface area (Å²) in [5.41, 5.74) is 1.13. The molecular formula is C19H22F4N2O3. The Morgan fingerprint density at radius 1 is 1.21 bits per heavy atom. The van der Waals surface area contributed by atoms with Crippen LogP contribution in [-0.4, -0.2) is 58.1 Å². The number of hydrogen-bond acceptors (Lipinski definition) is 3. The van der Waals surface area contributed by atoms with Gasteiger partial charge in [0.05, 0.1) is 0 Å². The van der Waals surface area contributed by atoms with Crippen LogP contribution in [0.1, 0.15) is 24.8 Å². The van der Waals surface area contributed by atoms with E-state index in [1.807, 2.05) is 23.1 Å². The molecule has 0 saturated carbocycles. The molecule has 3 rings (SSSR count). The first-order valence-corrected chi connectivity index (χ1v) is 8.82. The topological polar surface area (TPSA) is 60.9 Å². The van der Waals surface area contributed by atoms with Crippen LogP contribution in [0.25, 0.3) is 0 Å². The van der Waals surface area contributed by atoms with Gasteiger partial charge in [0.2, 0.25) is 5.91 Å². The van der Waals surface area contributed by atoms with Crippen LogP contribution < -0.4 is 0 Å². The van der Waals surface area contributed by atoms with Crippen molar-refractivity contribution in [3.63, 3.8) is 0 Å². The van der Waals surface area contributed by atoms with Crippen molar-refractivity contribution >= 4 is 11.9 Å². The molecule has 0 unspecified atom stereocenters. The maximum atomic E-state index is 13.0. The molecule has 2 saturated heterocycles. The first-order chi connectivity index (χ1) is 13.1. The number of benzene rings is 1. The standard InChI is InChI=1S/C17H21FN2O.C2HF3O2/c1-2-10-20-16-9-11-19(15(16)7-8-17(20)21)12-13-3-5-14(18)6-4-13;3-2(4,5)1(6)7/h2-6,15-16H,1,7-12H2;(H,6,7)/t15-,16-;/m1./s1. The number of fused-ring (bicyclic) bond motifs is 1. The molecule has 0 bridgehead atoms. The van der Waals surface area contributed by atoms with Crippen LogP contribution in [0.2, 0.25) is 0 Å². The van der Waals surface area contributed by atoms with Gasteiger partial charge in [-0.2, -0.15) is 13.2 Å². The second kappa shape index (κ2) is 9.18. The van der Waals surface area contributed by atoms with Crippen LogP contribution in [0.3, 0.4) is 0 Å². The van der Waals surface area contributed by atoms with E-state index in [-0.39, 0.29) is 11.7 Å². The summed E-state index contributed by atoms with van der Waals surface area (Å²) in [6, 6.07) is 7.45. The number of rotatable bonds is 4. The summed E-state index contributed by atoms with van der Waals surface area (Å²) in [4.78, 5) is 25.4. The van der Waals surface area contributed by atoms with Crippen LogP contribution >= 0.6 is 0 Å². The molecule has 2 aliphatic heterocycles. The zero-order valence-electron chi connectivity index (χ0n) is 15.2. The highest BCUT2D eigenvalue weighted by atomic mass is 19.4. The second-order valence-corrected chi connectivity index (χ2v) is 6.70. The number of nitrogens with zero attached hydrogens (tertiary/aromatic N) is 2. The van der Waals surface area contributed by atoms with E-state index in [9.17, 15) is 22.4 Å². The number of halogens is 4. The van der Waals surface area contributed by atoms with Gasteiger partial charge in [-0.1, -0.05) is 18.2 Å². The Balaban J connectivity index is 0.000000345. The predicted octanol–water partition coefficient (Wildman–Crippen LogP) is 3.21. The predicted molar refractivity (Wildman–Crippen MR) is 93.8 cm³/mol. The fourth-order valence-electron chi connectivity index (χ4n) is 3.64. The largest absolute Gasteiger partial charge is 0.490 e. The molecule has 2 atom stereocenters. The molecular weight excluding hydrogens is 380 g/mol. The third-order valence-electron chi connectivity index (χ3n) is 4.87. The van der Waals surface area contributed by atoms with Crippen molar-refractivity contribution < 1.29 is 32.3 Å². The quantitative estimate of drug-likeness (QED) is 0.621. The lowest BCUT2D eigenvalue weighted by Gasteiger charge is -2.39. The van der Waals surface area contributed by atoms with Gasteiger partial charge in [0.1, 0.15) is 5.82 Å². The van der Waals surface area contributed by atoms with E-state index in [4.69, 9.17) is 9.90 Å². The molecule has 0 radical (unpaired) electrons. The number of hydrogen-bond donors (Lipinski definition) is 1. The molecule has 0 aliphatic carbocycles. The van der Waals surface area contributed by atoms with Gasteiger partial charge in [-0.05, 0) is 30.5 Å². The molecule has 154 valence electrons. The third kappa shape index (κ3) is 5.54. The molecule has 5 nitrogen and oxygen atoms in total. The fourth-order valence-corrected chi connectivity index (χ4v) is 3.64. The molecule has 1 aromatic carbocycles. The van der Waals surface area contributed by atoms with E-state index in [1.54, 1.807) is 0 Å². The highest BCUT2D eigenvalue weighted by Gasteiger charge is 2.42. The number of alkyl halides is 3. The summed E-state index contributed by atoms with van der Waals surface area (Å²) < 4.78 is 44.7. The number of aliphatic carboxylic acids is 1. The molecule has 1 amide bonds. The summed E-state index contributed by atoms with van der Waals surface area (Å²) in [7, 11) is 0. The molecule has 2 fully saturated rings. The van der Waals surface area contributed by atoms with Gasteiger partial charge in [0.25, 0.3) is 0 Å². The van der Waals surface area contributed by atoms with Crippen molar-refractivity contribution in [2.75, 3.05) is 13.1 Å². The van der Waals surface area contributed by atoms with Crippen LogP contribution in [-0.2, 0) is 16.1 Å². The van der Waals surface area contributed by atoms with E-state index in [1.165, 1.54) is 12.1 Å². The molecule has 9 heteroatoms. The van der Waals surface area contributed by atoms with Crippen LogP contribution in [0.15, 0.2) is 36.9 Å². The van der Waals surface area contributed by atoms with Crippen LogP contribution in [0.5, 0.6) is 0 Å². The van der Waals surface area contributed by atoms with Gasteiger partial charge in [-0.15, -0.1) is 6.58 Å². The number of piperidine rings is 1. The summed E-state index contributed by atoms with van der Waals surface area (Å²) in [6.45, 7) is 6.22. The number of carbonyl (C=O) groups is 2. The Hall–Kier alpha value is -2.42. The van der Waals surface area contributed by atoms with Crippen LogP contribution in [0, 0.1) is 5.82 Å². The summed E-state index contributed by atoms with van der Waals surface area (Å²) in [5.74, 6) is -2.70. The Labute approximate surface area is 160 Å². The molecule has 0 aromatic heterocycles. The monoisotopic (exact) mass is 402 g/mol. The maximum absolute atomic E-state index is 13.0. The zero-order valence-corrected chi connectivity index (χ0v) is 15.2. The van der Waals surface area contributed by atoms with Gasteiger partial charge in [-0.3, -0.25) is 9.69 Å². The van der Waals surface area contributed by atoms with E-state index in [2.05, 4.69) is 11.5 Å². The van der Waals surface area contributed by atoms with E-state index < -0.39 is 12.1 Å². The van der Waals surface area contributed by atoms with Crippen molar-refractivity contribution in [1.29, 1.82) is 0 Å². The van der Waals surface area contributed by atoms with Crippen molar-refractivity contribution in [3.8, 4) is 0 Å². The number of amides is 1. The first-order valence-electron chi connectivity index (χ1n) is 8.82. The Morgan fingerprint density at radius 2 is 1.82 bits per heavy atom. The Kier molecular flexibility index (Phi) is 7.17. The molecule has 2 aliphatic rings. The molecule has 0 spiro atoms. The lowest BCUT2D eigenvalue weighted by Crippen LogP contribution is -2.52. The molecule has 28 heavy (non-hydrogen) atoms. The maximum Gasteiger partial charge on any atom is 0.490 e. The van der Waals surface area contributed by atoms with Crippen molar-refractivity contribution in [1.82, 2.24) is 9.80 Å². The first kappa shape index (κ1) is 21.9. The normalized spacial score (nSPS) is 22.3. The number of carbonyl (C=O) groups excluding carboxylic acids is 1. The zero-order chi connectivity index (χ0) is 20.9. The Morgan fingerprint density at radius 3 is 2.36 bits per heavy atom. The van der Waals surface area contributed by atoms with Gasteiger partial charge in [0, 0.05) is 38.1 Å². The van der Waals surface area contributed by atoms with Gasteiger partial charge in [0.15, 0.2) is 0 Å². The lowest BCUT2D eigenvalue weighted by molar-refractivity contribution is -0.192. The summed E-state index contributed by atoms with van der Waals surface area (Å²) >= 11 is 0. The molecule has 2 heterocycles. The van der Waals surface area contributed by atoms with Crippen molar-refractivity contribution in [2.24, 2.45) is 0 Å². The van der Waals surface area contributed by atoms with E-state index >= 15 is 0 Å². The third-order valence-corrected chi connectivity index (χ3v) is 4.87. The minimum Gasteiger partial charge on any atom is -0.475 e. The van der Waals surface area contributed by atoms with Gasteiger partial charge < -0.3 is 10.0 Å². The van der Waals surface area contributed by atoms with E-state index in [0.29, 0.717) is 25.0 Å². The van der Waals surface area contributed by atoms with Crippen molar-refractivity contribution in [3.05, 3.63) is 48.3 Å². The summed E-state index contributed by atoms with van der Waals surface area (Å²) in [5, 5.41) is 7.12. The number of likely N-dealkylation sites (tertiary alicyclic amines) is 2. The van der Waals surface area contributed by atoms with Crippen LogP contribution in [0.4, 0.5) is 17.6 Å². The highest BCUT2D eigenvalue weighted by Crippen LogP contribution is 2.32. The second-order valence-electron chi connectivity index (χ2n) is 6.70. The SMILES string of the molecule is C=CCN1C(=O)CC[C@@H]2[C@H]1CCN2Cc1ccc(F)cc1.O=C(O)C(F)(F)F. The van der Waals surface area contributed by atoms with Gasteiger partial charge in [-0.25, -0.2) is 9.18 Å². The minimum absolute atomic E-state index is 0.196. The number of carboxylic acid groups (broad SMARTS) is 1. The lowest BCUT2D eigenvalue weighted by atomic mass is 9.96. The minimum atomic E-state index is -5.08. The molecule has 1 N–H and O–H groups in total. The molecule has 1 aromatic rings.